The Bertz CT molecular complexity index is 1600. The molecule has 0 spiro atoms. The molecule has 49 heavy (non-hydrogen) atoms. The maximum absolute atomic E-state index is 12.1. The highest BCUT2D eigenvalue weighted by molar-refractivity contribution is 5.87. The predicted octanol–water partition coefficient (Wildman–Crippen LogP) is 9.27. The van der Waals surface area contributed by atoms with Crippen LogP contribution in [0.4, 0.5) is 4.79 Å². The van der Waals surface area contributed by atoms with Crippen LogP contribution in [-0.2, 0) is 26.3 Å². The van der Waals surface area contributed by atoms with E-state index in [-0.39, 0.29) is 11.4 Å². The Morgan fingerprint density at radius 2 is 1.59 bits per heavy atom. The van der Waals surface area contributed by atoms with Gasteiger partial charge >= 0.3 is 12.1 Å². The number of benzene rings is 3. The highest BCUT2D eigenvalue weighted by Crippen LogP contribution is 2.62. The number of rotatable bonds is 13. The maximum Gasteiger partial charge on any atom is 0.407 e. The van der Waals surface area contributed by atoms with Gasteiger partial charge in [0.15, 0.2) is 0 Å². The van der Waals surface area contributed by atoms with Crippen molar-refractivity contribution in [2.24, 2.45) is 17.8 Å². The summed E-state index contributed by atoms with van der Waals surface area (Å²) in [5.41, 5.74) is 4.97. The number of hydrogen-bond donors (Lipinski definition) is 1. The minimum Gasteiger partial charge on any atom is -0.493 e. The quantitative estimate of drug-likeness (QED) is 0.111. The first-order chi connectivity index (χ1) is 23.6. The smallest absolute Gasteiger partial charge is 0.407 e. The number of alkyl carbamates (subject to hydrolysis) is 1. The third-order valence-electron chi connectivity index (χ3n) is 10.1. The second-order valence-corrected chi connectivity index (χ2v) is 15.2. The zero-order valence-corrected chi connectivity index (χ0v) is 29.5. The largest absolute Gasteiger partial charge is 0.493 e. The van der Waals surface area contributed by atoms with Crippen LogP contribution in [0.25, 0.3) is 17.2 Å². The van der Waals surface area contributed by atoms with E-state index in [0.29, 0.717) is 32.8 Å². The van der Waals surface area contributed by atoms with Gasteiger partial charge in [-0.1, -0.05) is 48.5 Å². The predicted molar refractivity (Wildman–Crippen MR) is 193 cm³/mol. The molecule has 7 rings (SSSR count). The first-order valence-electron chi connectivity index (χ1n) is 18.0. The fourth-order valence-electron chi connectivity index (χ4n) is 8.53. The van der Waals surface area contributed by atoms with Gasteiger partial charge in [0.05, 0.1) is 13.2 Å². The molecule has 4 bridgehead atoms. The van der Waals surface area contributed by atoms with E-state index in [0.717, 1.165) is 51.5 Å². The molecule has 0 radical (unpaired) electrons. The standard InChI is InChI=1S/C42H51NO6/c1-5-46-39(44)17-13-29-12-15-35(38(23-29)47-19-9-18-43-40(45)49-41(2,3)4)34-14-16-37(48-28-30-10-7-6-8-11-30)36(24-34)42-25-31-20-32(26-42)22-33(21-31)27-42/h6-8,10-17,23-24,31-33H,5,9,18-22,25-28H2,1-4H3,(H,43,45)/b17-13+. The van der Waals surface area contributed by atoms with Gasteiger partial charge in [-0.3, -0.25) is 0 Å². The molecule has 3 aromatic carbocycles. The molecule has 4 fully saturated rings. The van der Waals surface area contributed by atoms with Crippen LogP contribution in [0.1, 0.15) is 89.3 Å². The Labute approximate surface area is 291 Å². The summed E-state index contributed by atoms with van der Waals surface area (Å²) in [6, 6.07) is 23.1. The topological polar surface area (TPSA) is 83.1 Å². The fourth-order valence-corrected chi connectivity index (χ4v) is 8.53. The molecule has 0 atom stereocenters. The van der Waals surface area contributed by atoms with E-state index < -0.39 is 11.7 Å². The lowest BCUT2D eigenvalue weighted by Gasteiger charge is -2.57. The molecule has 4 aliphatic rings. The number of carbonyl (C=O) groups is 2. The molecule has 1 amide bonds. The zero-order valence-electron chi connectivity index (χ0n) is 29.5. The van der Waals surface area contributed by atoms with E-state index in [4.69, 9.17) is 18.9 Å². The normalized spacial score (nSPS) is 22.6. The van der Waals surface area contributed by atoms with Gasteiger partial charge in [-0.15, -0.1) is 0 Å². The van der Waals surface area contributed by atoms with Crippen LogP contribution in [0.3, 0.4) is 0 Å². The number of carbonyl (C=O) groups excluding carboxylic acids is 2. The van der Waals surface area contributed by atoms with Gasteiger partial charge in [-0.25, -0.2) is 9.59 Å². The molecular formula is C42H51NO6. The lowest BCUT2D eigenvalue weighted by Crippen LogP contribution is -2.48. The minimum absolute atomic E-state index is 0.132. The van der Waals surface area contributed by atoms with Crippen molar-refractivity contribution in [1.29, 1.82) is 0 Å². The van der Waals surface area contributed by atoms with Gasteiger partial charge in [-0.2, -0.15) is 0 Å². The van der Waals surface area contributed by atoms with Crippen molar-refractivity contribution in [3.8, 4) is 22.6 Å². The first-order valence-corrected chi connectivity index (χ1v) is 18.0. The van der Waals surface area contributed by atoms with E-state index in [1.54, 1.807) is 13.0 Å². The Morgan fingerprint density at radius 3 is 2.27 bits per heavy atom. The molecule has 0 saturated heterocycles. The summed E-state index contributed by atoms with van der Waals surface area (Å²) in [5.74, 6) is 3.73. The van der Waals surface area contributed by atoms with Gasteiger partial charge in [0, 0.05) is 23.7 Å². The van der Waals surface area contributed by atoms with Crippen molar-refractivity contribution in [1.82, 2.24) is 5.32 Å². The monoisotopic (exact) mass is 665 g/mol. The molecule has 3 aromatic rings. The van der Waals surface area contributed by atoms with Crippen LogP contribution in [0.5, 0.6) is 11.5 Å². The molecule has 4 aliphatic carbocycles. The van der Waals surface area contributed by atoms with Crippen LogP contribution in [-0.4, -0.2) is 37.4 Å². The van der Waals surface area contributed by atoms with Crippen molar-refractivity contribution in [3.63, 3.8) is 0 Å². The molecule has 0 aromatic heterocycles. The molecule has 1 N–H and O–H groups in total. The van der Waals surface area contributed by atoms with Gasteiger partial charge in [0.1, 0.15) is 23.7 Å². The second kappa shape index (κ2) is 15.1. The Balaban J connectivity index is 1.29. The first kappa shape index (κ1) is 34.6. The van der Waals surface area contributed by atoms with Crippen molar-refractivity contribution in [2.75, 3.05) is 19.8 Å². The number of amides is 1. The van der Waals surface area contributed by atoms with Crippen LogP contribution in [0, 0.1) is 17.8 Å². The van der Waals surface area contributed by atoms with Crippen molar-refractivity contribution < 1.29 is 28.5 Å². The number of hydrogen-bond acceptors (Lipinski definition) is 6. The lowest BCUT2D eigenvalue weighted by atomic mass is 9.48. The highest BCUT2D eigenvalue weighted by Gasteiger charge is 2.52. The molecule has 0 unspecified atom stereocenters. The molecule has 260 valence electrons. The zero-order chi connectivity index (χ0) is 34.4. The SMILES string of the molecule is CCOC(=O)/C=C/c1ccc(-c2ccc(OCc3ccccc3)c(C34CC5CC(CC(C5)C3)C4)c2)c(OCCCNC(=O)OC(C)(C)C)c1. The summed E-state index contributed by atoms with van der Waals surface area (Å²) >= 11 is 0. The molecule has 7 nitrogen and oxygen atoms in total. The summed E-state index contributed by atoms with van der Waals surface area (Å²) in [6.45, 7) is 9.01. The summed E-state index contributed by atoms with van der Waals surface area (Å²) in [6.07, 6.45) is 11.2. The maximum atomic E-state index is 12.1. The Morgan fingerprint density at radius 1 is 0.878 bits per heavy atom. The molecule has 4 saturated carbocycles. The van der Waals surface area contributed by atoms with Crippen molar-refractivity contribution in [2.45, 2.75) is 90.3 Å². The van der Waals surface area contributed by atoms with E-state index in [1.165, 1.54) is 50.2 Å². The number of nitrogens with one attached hydrogen (secondary N) is 1. The average Bonchev–Trinajstić information content (AvgIpc) is 3.05. The summed E-state index contributed by atoms with van der Waals surface area (Å²) < 4.78 is 23.5. The van der Waals surface area contributed by atoms with E-state index in [1.807, 2.05) is 39.0 Å². The van der Waals surface area contributed by atoms with E-state index in [9.17, 15) is 9.59 Å². The Hall–Kier alpha value is -4.26. The van der Waals surface area contributed by atoms with E-state index in [2.05, 4.69) is 53.8 Å². The van der Waals surface area contributed by atoms with E-state index >= 15 is 0 Å². The number of esters is 1. The molecular weight excluding hydrogens is 614 g/mol. The lowest BCUT2D eigenvalue weighted by molar-refractivity contribution is -0.137. The average molecular weight is 666 g/mol. The third kappa shape index (κ3) is 8.86. The molecule has 7 heteroatoms. The van der Waals surface area contributed by atoms with Crippen LogP contribution in [0.15, 0.2) is 72.8 Å². The van der Waals surface area contributed by atoms with Crippen LogP contribution >= 0.6 is 0 Å². The molecule has 0 heterocycles. The van der Waals surface area contributed by atoms with Gasteiger partial charge < -0.3 is 24.3 Å². The summed E-state index contributed by atoms with van der Waals surface area (Å²) in [5, 5.41) is 2.81. The van der Waals surface area contributed by atoms with Gasteiger partial charge in [0.2, 0.25) is 0 Å². The minimum atomic E-state index is -0.551. The summed E-state index contributed by atoms with van der Waals surface area (Å²) in [7, 11) is 0. The summed E-state index contributed by atoms with van der Waals surface area (Å²) in [4.78, 5) is 24.2. The Kier molecular flexibility index (Phi) is 10.7. The highest BCUT2D eigenvalue weighted by atomic mass is 16.6. The second-order valence-electron chi connectivity index (χ2n) is 15.2. The van der Waals surface area contributed by atoms with Crippen LogP contribution < -0.4 is 14.8 Å². The third-order valence-corrected chi connectivity index (χ3v) is 10.1. The van der Waals surface area contributed by atoms with Gasteiger partial charge in [-0.05, 0) is 137 Å². The van der Waals surface area contributed by atoms with Crippen molar-refractivity contribution in [3.05, 3.63) is 89.5 Å². The fraction of sp³-hybridized carbons (Fsp3) is 0.476. The number of ether oxygens (including phenoxy) is 4. The van der Waals surface area contributed by atoms with Gasteiger partial charge in [0.25, 0.3) is 0 Å². The van der Waals surface area contributed by atoms with Crippen molar-refractivity contribution >= 4 is 18.1 Å². The van der Waals surface area contributed by atoms with Crippen LogP contribution in [0.2, 0.25) is 0 Å². The molecule has 0 aliphatic heterocycles.